The van der Waals surface area contributed by atoms with E-state index in [1.807, 2.05) is 25.3 Å². The van der Waals surface area contributed by atoms with Crippen LogP contribution in [0.25, 0.3) is 0 Å². The molecule has 3 aliphatic rings. The van der Waals surface area contributed by atoms with Crippen molar-refractivity contribution < 1.29 is 4.74 Å². The molecule has 0 bridgehead atoms. The highest BCUT2D eigenvalue weighted by molar-refractivity contribution is 6.10. The molecule has 0 aromatic rings. The van der Waals surface area contributed by atoms with Crippen molar-refractivity contribution in [1.82, 2.24) is 10.4 Å². The van der Waals surface area contributed by atoms with Crippen LogP contribution >= 0.6 is 0 Å². The number of ether oxygens (including phenoxy) is 1. The van der Waals surface area contributed by atoms with Gasteiger partial charge in [-0.05, 0) is 43.6 Å². The molecule has 23 heavy (non-hydrogen) atoms. The van der Waals surface area contributed by atoms with Crippen molar-refractivity contribution in [1.29, 1.82) is 0 Å². The zero-order valence-corrected chi connectivity index (χ0v) is 14.2. The minimum Gasteiger partial charge on any atom is -0.378 e. The Morgan fingerprint density at radius 1 is 1.39 bits per heavy atom. The highest BCUT2D eigenvalue weighted by Gasteiger charge is 2.51. The summed E-state index contributed by atoms with van der Waals surface area (Å²) in [4.78, 5) is 9.49. The monoisotopic (exact) mass is 314 g/mol. The average Bonchev–Trinajstić information content (AvgIpc) is 2.85. The van der Waals surface area contributed by atoms with E-state index in [9.17, 15) is 0 Å². The van der Waals surface area contributed by atoms with Crippen molar-refractivity contribution in [2.24, 2.45) is 15.9 Å². The summed E-state index contributed by atoms with van der Waals surface area (Å²) in [5, 5.41) is 2.22. The van der Waals surface area contributed by atoms with E-state index in [4.69, 9.17) is 9.73 Å². The molecule has 0 saturated carbocycles. The van der Waals surface area contributed by atoms with Crippen LogP contribution < -0.4 is 5.43 Å². The largest absolute Gasteiger partial charge is 0.378 e. The Kier molecular flexibility index (Phi) is 4.90. The predicted octanol–water partition coefficient (Wildman–Crippen LogP) is 2.49. The van der Waals surface area contributed by atoms with E-state index in [1.165, 1.54) is 0 Å². The first-order valence-corrected chi connectivity index (χ1v) is 8.48. The van der Waals surface area contributed by atoms with Gasteiger partial charge < -0.3 is 4.74 Å². The van der Waals surface area contributed by atoms with Gasteiger partial charge in [0.2, 0.25) is 0 Å². The lowest BCUT2D eigenvalue weighted by Gasteiger charge is -2.41. The van der Waals surface area contributed by atoms with Gasteiger partial charge in [0.1, 0.15) is 11.7 Å². The number of rotatable bonds is 7. The van der Waals surface area contributed by atoms with Gasteiger partial charge in [0.25, 0.3) is 0 Å². The predicted molar refractivity (Wildman–Crippen MR) is 94.6 cm³/mol. The second-order valence-corrected chi connectivity index (χ2v) is 6.43. The maximum Gasteiger partial charge on any atom is 0.140 e. The van der Waals surface area contributed by atoms with Crippen molar-refractivity contribution in [3.05, 3.63) is 36.1 Å². The fourth-order valence-corrected chi connectivity index (χ4v) is 3.19. The number of nitrogens with zero attached hydrogens (tertiary/aromatic N) is 3. The minimum atomic E-state index is -0.401. The SMILES string of the molecule is CCOCC1N=C2C=CC=C3N=CC=CC32N1NCCC(C)C. The van der Waals surface area contributed by atoms with E-state index in [1.54, 1.807) is 0 Å². The second kappa shape index (κ2) is 6.91. The van der Waals surface area contributed by atoms with E-state index >= 15 is 0 Å². The summed E-state index contributed by atoms with van der Waals surface area (Å²) in [5.41, 5.74) is 5.24. The van der Waals surface area contributed by atoms with Gasteiger partial charge in [-0.1, -0.05) is 19.9 Å². The zero-order chi connectivity index (χ0) is 16.3. The van der Waals surface area contributed by atoms with Gasteiger partial charge in [0.05, 0.1) is 18.0 Å². The van der Waals surface area contributed by atoms with Crippen molar-refractivity contribution in [2.45, 2.75) is 38.9 Å². The molecular weight excluding hydrogens is 288 g/mol. The quantitative estimate of drug-likeness (QED) is 0.785. The number of nitrogens with one attached hydrogen (secondary N) is 1. The second-order valence-electron chi connectivity index (χ2n) is 6.43. The molecule has 1 spiro atoms. The van der Waals surface area contributed by atoms with Gasteiger partial charge >= 0.3 is 0 Å². The Balaban J connectivity index is 1.87. The van der Waals surface area contributed by atoms with Gasteiger partial charge in [-0.3, -0.25) is 15.4 Å². The third-order valence-electron chi connectivity index (χ3n) is 4.37. The first kappa shape index (κ1) is 16.3. The van der Waals surface area contributed by atoms with Gasteiger partial charge in [0, 0.05) is 19.4 Å². The van der Waals surface area contributed by atoms with Crippen LogP contribution in [0.15, 0.2) is 46.1 Å². The number of allylic oxidation sites excluding steroid dienone is 3. The van der Waals surface area contributed by atoms with Gasteiger partial charge in [-0.2, -0.15) is 5.01 Å². The van der Waals surface area contributed by atoms with Crippen molar-refractivity contribution in [2.75, 3.05) is 19.8 Å². The minimum absolute atomic E-state index is 0.0405. The number of dihydropyridines is 1. The molecule has 2 unspecified atom stereocenters. The summed E-state index contributed by atoms with van der Waals surface area (Å²) in [5.74, 6) is 0.662. The smallest absolute Gasteiger partial charge is 0.140 e. The van der Waals surface area contributed by atoms with Crippen LogP contribution in [-0.2, 0) is 4.74 Å². The van der Waals surface area contributed by atoms with Crippen LogP contribution in [0, 0.1) is 5.92 Å². The molecule has 0 saturated heterocycles. The average molecular weight is 314 g/mol. The van der Waals surface area contributed by atoms with Crippen LogP contribution in [-0.4, -0.2) is 48.4 Å². The molecule has 3 rings (SSSR count). The summed E-state index contributed by atoms with van der Waals surface area (Å²) in [6.45, 7) is 8.68. The fraction of sp³-hybridized carbons (Fsp3) is 0.556. The molecule has 124 valence electrons. The molecule has 0 aromatic carbocycles. The van der Waals surface area contributed by atoms with Crippen molar-refractivity contribution >= 4 is 11.9 Å². The third-order valence-corrected chi connectivity index (χ3v) is 4.37. The van der Waals surface area contributed by atoms with Crippen LogP contribution in [0.5, 0.6) is 0 Å². The normalized spacial score (nSPS) is 28.8. The lowest BCUT2D eigenvalue weighted by atomic mass is 9.84. The molecule has 2 aliphatic heterocycles. The molecule has 0 radical (unpaired) electrons. The van der Waals surface area contributed by atoms with Crippen LogP contribution in [0.4, 0.5) is 0 Å². The third kappa shape index (κ3) is 2.96. The molecule has 2 atom stereocenters. The summed E-state index contributed by atoms with van der Waals surface area (Å²) < 4.78 is 5.66. The highest BCUT2D eigenvalue weighted by Crippen LogP contribution is 2.39. The lowest BCUT2D eigenvalue weighted by molar-refractivity contribution is 0.0284. The van der Waals surface area contributed by atoms with E-state index in [0.717, 1.165) is 24.4 Å². The number of hydrogen-bond donors (Lipinski definition) is 1. The molecule has 1 aliphatic carbocycles. The first-order chi connectivity index (χ1) is 11.2. The summed E-state index contributed by atoms with van der Waals surface area (Å²) in [6, 6.07) is 0. The number of hydrogen-bond acceptors (Lipinski definition) is 5. The summed E-state index contributed by atoms with van der Waals surface area (Å²) in [6.07, 6.45) is 13.3. The lowest BCUT2D eigenvalue weighted by Crippen LogP contribution is -2.60. The van der Waals surface area contributed by atoms with E-state index in [-0.39, 0.29) is 6.17 Å². The Labute approximate surface area is 138 Å². The van der Waals surface area contributed by atoms with Crippen LogP contribution in [0.2, 0.25) is 0 Å². The van der Waals surface area contributed by atoms with Gasteiger partial charge in [-0.25, -0.2) is 0 Å². The molecule has 0 fully saturated rings. The highest BCUT2D eigenvalue weighted by atomic mass is 16.5. The standard InChI is InChI=1S/C18H26N4O/c1-4-23-13-17-21-16-8-5-7-15-18(16,10-6-11-19-15)22(17)20-12-9-14(2)3/h5-8,10-11,14,17,20H,4,9,12-13H2,1-3H3. The molecule has 5 heteroatoms. The molecule has 2 heterocycles. The first-order valence-electron chi connectivity index (χ1n) is 8.48. The van der Waals surface area contributed by atoms with E-state index in [0.29, 0.717) is 19.1 Å². The summed E-state index contributed by atoms with van der Waals surface area (Å²) in [7, 11) is 0. The zero-order valence-electron chi connectivity index (χ0n) is 14.2. The van der Waals surface area contributed by atoms with Crippen molar-refractivity contribution in [3.63, 3.8) is 0 Å². The molecule has 0 aromatic heterocycles. The molecule has 1 N–H and O–H groups in total. The number of hydrazine groups is 1. The number of aliphatic imine (C=N–C) groups is 2. The fourth-order valence-electron chi connectivity index (χ4n) is 3.19. The Morgan fingerprint density at radius 3 is 3.04 bits per heavy atom. The van der Waals surface area contributed by atoms with E-state index in [2.05, 4.69) is 47.5 Å². The molecule has 0 amide bonds. The van der Waals surface area contributed by atoms with E-state index < -0.39 is 5.54 Å². The van der Waals surface area contributed by atoms with Crippen molar-refractivity contribution in [3.8, 4) is 0 Å². The molecular formula is C18H26N4O. The topological polar surface area (TPSA) is 49.2 Å². The maximum absolute atomic E-state index is 5.66. The molecule has 5 nitrogen and oxygen atoms in total. The Morgan fingerprint density at radius 2 is 2.26 bits per heavy atom. The maximum atomic E-state index is 5.66. The summed E-state index contributed by atoms with van der Waals surface area (Å²) >= 11 is 0. The Bertz CT molecular complexity index is 588. The van der Waals surface area contributed by atoms with Gasteiger partial charge in [0.15, 0.2) is 0 Å². The Hall–Kier alpha value is -1.56. The van der Waals surface area contributed by atoms with Gasteiger partial charge in [-0.15, -0.1) is 0 Å². The van der Waals surface area contributed by atoms with Crippen LogP contribution in [0.1, 0.15) is 27.2 Å². The van der Waals surface area contributed by atoms with Crippen LogP contribution in [0.3, 0.4) is 0 Å².